The van der Waals surface area contributed by atoms with E-state index in [9.17, 15) is 14.4 Å². The molecule has 0 aromatic rings. The minimum Gasteiger partial charge on any atom is -0.370 e. The first-order valence-electron chi connectivity index (χ1n) is 4.12. The highest BCUT2D eigenvalue weighted by atomic mass is 16.7. The summed E-state index contributed by atoms with van der Waals surface area (Å²) in [5.74, 6) is -2.23. The second-order valence-electron chi connectivity index (χ2n) is 2.79. The summed E-state index contributed by atoms with van der Waals surface area (Å²) in [6.45, 7) is -0.431. The maximum Gasteiger partial charge on any atom is 0.354 e. The molecule has 15 heavy (non-hydrogen) atoms. The zero-order valence-corrected chi connectivity index (χ0v) is 7.80. The van der Waals surface area contributed by atoms with Crippen LogP contribution in [0, 0.1) is 0 Å². The van der Waals surface area contributed by atoms with Gasteiger partial charge in [-0.1, -0.05) is 0 Å². The highest BCUT2D eigenvalue weighted by molar-refractivity contribution is 6.01. The van der Waals surface area contributed by atoms with E-state index < -0.39 is 24.3 Å². The number of carbonyl (C=O) groups excluding carboxylic acids is 3. The van der Waals surface area contributed by atoms with E-state index in [4.69, 9.17) is 11.5 Å². The van der Waals surface area contributed by atoms with Gasteiger partial charge >= 0.3 is 5.97 Å². The van der Waals surface area contributed by atoms with Crippen molar-refractivity contribution in [2.45, 2.75) is 12.8 Å². The molecular weight excluding hydrogens is 204 g/mol. The van der Waals surface area contributed by atoms with E-state index in [1.807, 2.05) is 0 Å². The van der Waals surface area contributed by atoms with Crippen molar-refractivity contribution < 1.29 is 19.2 Å². The zero-order valence-electron chi connectivity index (χ0n) is 7.80. The first-order chi connectivity index (χ1) is 7.00. The monoisotopic (exact) mass is 214 g/mol. The lowest BCUT2D eigenvalue weighted by molar-refractivity contribution is -0.196. The normalized spacial score (nSPS) is 15.3. The number of guanidine groups is 1. The summed E-state index contributed by atoms with van der Waals surface area (Å²) in [5, 5.41) is 0.435. The van der Waals surface area contributed by atoms with Gasteiger partial charge in [0, 0.05) is 12.8 Å². The van der Waals surface area contributed by atoms with E-state index in [1.54, 1.807) is 0 Å². The SMILES string of the molecule is NC(N)=NCC(=O)ON1C(=O)CCC1=O. The Kier molecular flexibility index (Phi) is 3.21. The summed E-state index contributed by atoms with van der Waals surface area (Å²) in [7, 11) is 0. The van der Waals surface area contributed by atoms with E-state index in [2.05, 4.69) is 9.83 Å². The summed E-state index contributed by atoms with van der Waals surface area (Å²) < 4.78 is 0. The minimum absolute atomic E-state index is 0.0500. The molecule has 0 atom stereocenters. The molecule has 82 valence electrons. The van der Waals surface area contributed by atoms with Crippen LogP contribution in [-0.2, 0) is 19.2 Å². The van der Waals surface area contributed by atoms with E-state index in [1.165, 1.54) is 0 Å². The quantitative estimate of drug-likeness (QED) is 0.313. The smallest absolute Gasteiger partial charge is 0.354 e. The zero-order chi connectivity index (χ0) is 11.4. The highest BCUT2D eigenvalue weighted by Gasteiger charge is 2.32. The van der Waals surface area contributed by atoms with Gasteiger partial charge in [0.15, 0.2) is 5.96 Å². The summed E-state index contributed by atoms with van der Waals surface area (Å²) in [5.41, 5.74) is 9.95. The fraction of sp³-hybridized carbons (Fsp3) is 0.429. The van der Waals surface area contributed by atoms with Crippen LogP contribution in [0.5, 0.6) is 0 Å². The van der Waals surface area contributed by atoms with Gasteiger partial charge in [-0.25, -0.2) is 9.79 Å². The van der Waals surface area contributed by atoms with Crippen LogP contribution in [-0.4, -0.2) is 35.4 Å². The second-order valence-corrected chi connectivity index (χ2v) is 2.79. The predicted molar refractivity (Wildman–Crippen MR) is 47.9 cm³/mol. The molecule has 1 rings (SSSR count). The molecule has 0 saturated carbocycles. The molecule has 0 aromatic carbocycles. The molecule has 1 saturated heterocycles. The van der Waals surface area contributed by atoms with Crippen molar-refractivity contribution in [3.63, 3.8) is 0 Å². The number of nitrogens with zero attached hydrogens (tertiary/aromatic N) is 2. The van der Waals surface area contributed by atoms with Gasteiger partial charge in [0.05, 0.1) is 0 Å². The van der Waals surface area contributed by atoms with Crippen molar-refractivity contribution in [3.05, 3.63) is 0 Å². The Morgan fingerprint density at radius 2 is 1.87 bits per heavy atom. The summed E-state index contributed by atoms with van der Waals surface area (Å²) in [6.07, 6.45) is 0.100. The van der Waals surface area contributed by atoms with Gasteiger partial charge in [0.25, 0.3) is 11.8 Å². The number of hydrogen-bond acceptors (Lipinski definition) is 5. The average Bonchev–Trinajstić information content (AvgIpc) is 2.46. The van der Waals surface area contributed by atoms with Crippen LogP contribution in [0.3, 0.4) is 0 Å². The molecular formula is C7H10N4O4. The topological polar surface area (TPSA) is 128 Å². The van der Waals surface area contributed by atoms with E-state index in [0.717, 1.165) is 0 Å². The molecule has 1 heterocycles. The van der Waals surface area contributed by atoms with Gasteiger partial charge in [0.2, 0.25) is 0 Å². The lowest BCUT2D eigenvalue weighted by Crippen LogP contribution is -2.33. The lowest BCUT2D eigenvalue weighted by Gasteiger charge is -2.11. The molecule has 8 heteroatoms. The Balaban J connectivity index is 2.47. The molecule has 4 N–H and O–H groups in total. The van der Waals surface area contributed by atoms with Crippen LogP contribution >= 0.6 is 0 Å². The van der Waals surface area contributed by atoms with Crippen LogP contribution in [0.2, 0.25) is 0 Å². The van der Waals surface area contributed by atoms with Crippen molar-refractivity contribution in [3.8, 4) is 0 Å². The third-order valence-electron chi connectivity index (χ3n) is 1.59. The predicted octanol–water partition coefficient (Wildman–Crippen LogP) is -2.13. The molecule has 0 spiro atoms. The van der Waals surface area contributed by atoms with Crippen molar-refractivity contribution >= 4 is 23.7 Å². The van der Waals surface area contributed by atoms with E-state index >= 15 is 0 Å². The Hall–Kier alpha value is -2.12. The number of rotatable bonds is 3. The lowest BCUT2D eigenvalue weighted by atomic mass is 10.4. The van der Waals surface area contributed by atoms with Crippen LogP contribution in [0.15, 0.2) is 4.99 Å². The minimum atomic E-state index is -0.869. The van der Waals surface area contributed by atoms with Crippen molar-refractivity contribution in [1.82, 2.24) is 5.06 Å². The molecule has 8 nitrogen and oxygen atoms in total. The number of amides is 2. The fourth-order valence-electron chi connectivity index (χ4n) is 0.944. The van der Waals surface area contributed by atoms with Gasteiger partial charge in [-0.05, 0) is 0 Å². The van der Waals surface area contributed by atoms with Gasteiger partial charge < -0.3 is 16.3 Å². The second kappa shape index (κ2) is 4.40. The first kappa shape index (κ1) is 11.0. The molecule has 1 aliphatic heterocycles. The Labute approximate surface area is 84.8 Å². The maximum atomic E-state index is 11.0. The average molecular weight is 214 g/mol. The van der Waals surface area contributed by atoms with Crippen molar-refractivity contribution in [2.75, 3.05) is 6.54 Å². The summed E-state index contributed by atoms with van der Waals surface area (Å²) in [4.78, 5) is 40.8. The van der Waals surface area contributed by atoms with Crippen LogP contribution in [0.4, 0.5) is 0 Å². The molecule has 2 amide bonds. The van der Waals surface area contributed by atoms with Crippen LogP contribution in [0.1, 0.15) is 12.8 Å². The van der Waals surface area contributed by atoms with Crippen LogP contribution in [0.25, 0.3) is 0 Å². The van der Waals surface area contributed by atoms with Crippen molar-refractivity contribution in [1.29, 1.82) is 0 Å². The third-order valence-corrected chi connectivity index (χ3v) is 1.59. The van der Waals surface area contributed by atoms with Gasteiger partial charge in [-0.3, -0.25) is 9.59 Å². The third kappa shape index (κ3) is 2.93. The molecule has 0 bridgehead atoms. The van der Waals surface area contributed by atoms with Crippen LogP contribution < -0.4 is 11.5 Å². The number of hydrogen-bond donors (Lipinski definition) is 2. The Bertz CT molecular complexity index is 318. The van der Waals surface area contributed by atoms with Gasteiger partial charge in [-0.2, -0.15) is 0 Å². The molecule has 0 unspecified atom stereocenters. The number of imide groups is 1. The largest absolute Gasteiger partial charge is 0.370 e. The summed E-state index contributed by atoms with van der Waals surface area (Å²) >= 11 is 0. The number of aliphatic imine (C=N–C) groups is 1. The Morgan fingerprint density at radius 1 is 1.33 bits per heavy atom. The molecule has 1 aliphatic rings. The Morgan fingerprint density at radius 3 is 2.33 bits per heavy atom. The van der Waals surface area contributed by atoms with Gasteiger partial charge in [-0.15, -0.1) is 5.06 Å². The van der Waals surface area contributed by atoms with E-state index in [0.29, 0.717) is 5.06 Å². The van der Waals surface area contributed by atoms with Crippen molar-refractivity contribution in [2.24, 2.45) is 16.5 Å². The highest BCUT2D eigenvalue weighted by Crippen LogP contribution is 2.11. The number of carbonyl (C=O) groups is 3. The molecule has 0 aromatic heterocycles. The first-order valence-corrected chi connectivity index (χ1v) is 4.12. The molecule has 0 radical (unpaired) electrons. The van der Waals surface area contributed by atoms with Gasteiger partial charge in [0.1, 0.15) is 6.54 Å². The summed E-state index contributed by atoms with van der Waals surface area (Å²) in [6, 6.07) is 0. The number of hydroxylamine groups is 2. The standard InChI is InChI=1S/C7H10N4O4/c8-7(9)10-3-6(14)15-11-4(12)1-2-5(11)13/h1-3H2,(H4,8,9,10). The number of nitrogens with two attached hydrogens (primary N) is 2. The molecule has 0 aliphatic carbocycles. The maximum absolute atomic E-state index is 11.0. The fourth-order valence-corrected chi connectivity index (χ4v) is 0.944. The molecule has 1 fully saturated rings. The van der Waals surface area contributed by atoms with E-state index in [-0.39, 0.29) is 18.8 Å².